The molecule has 574 valence electrons. The van der Waals surface area contributed by atoms with Gasteiger partial charge in [0.05, 0.1) is 97.9 Å². The van der Waals surface area contributed by atoms with E-state index >= 15 is 0 Å². The van der Waals surface area contributed by atoms with Crippen LogP contribution in [0.3, 0.4) is 0 Å². The van der Waals surface area contributed by atoms with Crippen LogP contribution in [0, 0.1) is 17.8 Å². The number of nitrogens with two attached hydrogens (primary N) is 2. The summed E-state index contributed by atoms with van der Waals surface area (Å²) < 4.78 is 51.8. The van der Waals surface area contributed by atoms with Crippen molar-refractivity contribution in [1.82, 2.24) is 0 Å². The van der Waals surface area contributed by atoms with E-state index in [0.717, 1.165) is 6.42 Å². The highest BCUT2D eigenvalue weighted by molar-refractivity contribution is 5.82. The number of carboxylic acids is 2. The Bertz CT molecular complexity index is 2940. The number of esters is 2. The zero-order valence-electron chi connectivity index (χ0n) is 58.1. The fraction of sp³-hybridized carbons (Fsp3) is 0.681. The third kappa shape index (κ3) is 26.4. The van der Waals surface area contributed by atoms with Gasteiger partial charge in [0, 0.05) is 76.7 Å². The summed E-state index contributed by atoms with van der Waals surface area (Å²) in [5, 5.41) is 149. The number of hydrogen-bond acceptors (Lipinski definition) is 28. The number of epoxide rings is 1. The first-order valence-electron chi connectivity index (χ1n) is 35.1. The number of rotatable bonds is 10. The maximum Gasteiger partial charge on any atom is 0.330 e. The molecule has 28 atom stereocenters. The zero-order valence-corrected chi connectivity index (χ0v) is 58.1. The average Bonchev–Trinajstić information content (AvgIpc) is 0.862. The lowest BCUT2D eigenvalue weighted by Gasteiger charge is -2.45. The summed E-state index contributed by atoms with van der Waals surface area (Å²) in [5.74, 6) is -12.4. The highest BCUT2D eigenvalue weighted by atomic mass is 16.7. The molecule has 0 aromatic heterocycles. The van der Waals surface area contributed by atoms with Gasteiger partial charge in [-0.1, -0.05) is 117 Å². The Kier molecular flexibility index (Phi) is 34.6. The Balaban J connectivity index is 0.000000324. The lowest BCUT2D eigenvalue weighted by molar-refractivity contribution is -0.310. The molecule has 0 saturated carbocycles. The van der Waals surface area contributed by atoms with Crippen molar-refractivity contribution >= 4 is 29.7 Å². The fourth-order valence-corrected chi connectivity index (χ4v) is 13.2. The van der Waals surface area contributed by atoms with Crippen LogP contribution in [-0.2, 0) is 66.6 Å². The molecule has 0 amide bonds. The summed E-state index contributed by atoms with van der Waals surface area (Å²) in [6.45, 7) is 6.39. The van der Waals surface area contributed by atoms with Gasteiger partial charge in [-0.05, 0) is 45.6 Å². The van der Waals surface area contributed by atoms with Gasteiger partial charge in [0.1, 0.15) is 60.3 Å². The number of carbonyl (C=O) groups excluding carboxylic acids is 3. The molecule has 0 aromatic carbocycles. The molecule has 5 saturated heterocycles. The molecule has 0 aliphatic carbocycles. The standard InChI is InChI=1S/C39H61NO15.C33H47NO13/c1-3-13-25-16-10-8-6-5-7-9-11-17-26(53-38-35(47)33(40)34(46)31(22-41)54-38)19-30-32(36(48)49)29(45)21-39(51,55-30)20-24(43)15-12-14-23(42)18-28(44)27(4-2)37(50)52-25;1-18-10-8-6-4-3-5-7-9-11-21(45-32-30(39)28(34)29(38)19(2)44-32)15-25-27(31(40)41)22(36)17-33(42,47-25)16-20(35)14-24-23(46-24)12-13-26(37)43-18/h5-11,17,24-35,38,41,43-47,51H,3-4,12-16,18-22,40H2,1-2H3,(H,48,49);3-9,11-13,18-25,27-30,32,35-36,38-39,42H,10,14-17,34H2,1-2H3,(H,40,41)/b6-5+,9-7+,10-8+,17-11+;4-3+,7-5+,8-6+,11-9+,13-12+/t24?,25-,26?,27?,28?,29?,30?,31+,32?,33-,34+,35-,38+,39?;18-,19-,20+,21+,22+,23-,24-,25+,27-,28+,29-,30+,32+,33-/m01/s1. The Hall–Kier alpha value is -5.63. The third-order valence-corrected chi connectivity index (χ3v) is 18.8. The summed E-state index contributed by atoms with van der Waals surface area (Å²) in [6, 6.07) is -2.34. The maximum atomic E-state index is 13.0. The molecule has 30 nitrogen and oxygen atoms in total. The minimum Gasteiger partial charge on any atom is -0.481 e. The van der Waals surface area contributed by atoms with Crippen molar-refractivity contribution in [3.05, 3.63) is 109 Å². The molecule has 30 heteroatoms. The number of aliphatic hydroxyl groups is 12. The SMILES string of the molecule is CCC[C@H]1C/C=C/C=C/C=C/C=C/C(O[C@@H]2O[C@H](CO)[C@@H](O)[C@H](N)[C@@H]2O)CC2OC(O)(CC(O)CCCC(=O)CC(O)C(CC)C(=O)O1)CC(O)C2C(=O)O.C[C@@H]1C/C=C/C=C/C=C/C=C/[C@H](O[C@@H]2O[C@H](C)[C@@H](O)[C@H](N)[C@@H]2O)C[C@@H]2O[C@](O)(C[C@@H](O)C[C@H]3O[C@@H]3/C=C/C(=O)O1)C[C@H](O)[C@H]2C(=O)O. The van der Waals surface area contributed by atoms with Gasteiger partial charge in [0.2, 0.25) is 0 Å². The number of aliphatic carboxylic acids is 2. The molecule has 7 aliphatic heterocycles. The number of fused-ring (bicyclic) bond motifs is 5. The van der Waals surface area contributed by atoms with Crippen LogP contribution in [0.25, 0.3) is 0 Å². The van der Waals surface area contributed by atoms with E-state index in [0.29, 0.717) is 19.3 Å². The van der Waals surface area contributed by atoms with Gasteiger partial charge in [-0.2, -0.15) is 0 Å². The Morgan fingerprint density at radius 3 is 1.63 bits per heavy atom. The largest absolute Gasteiger partial charge is 0.481 e. The van der Waals surface area contributed by atoms with E-state index < -0.39 is 214 Å². The minimum absolute atomic E-state index is 0.0202. The van der Waals surface area contributed by atoms with Crippen molar-refractivity contribution < 1.29 is 138 Å². The van der Waals surface area contributed by atoms with Gasteiger partial charge >= 0.3 is 23.9 Å². The molecular weight excluding hydrogens is 1340 g/mol. The summed E-state index contributed by atoms with van der Waals surface area (Å²) in [5.41, 5.74) is 11.9. The van der Waals surface area contributed by atoms with Crippen LogP contribution in [0.4, 0.5) is 0 Å². The first-order valence-corrected chi connectivity index (χ1v) is 35.1. The van der Waals surface area contributed by atoms with Gasteiger partial charge in [-0.3, -0.25) is 19.2 Å². The lowest BCUT2D eigenvalue weighted by atomic mass is 9.83. The number of allylic oxidation sites excluding steroid dienone is 12. The van der Waals surface area contributed by atoms with E-state index in [1.54, 1.807) is 99.8 Å². The second-order valence-electron chi connectivity index (χ2n) is 27.2. The molecule has 7 heterocycles. The molecule has 18 N–H and O–H groups in total. The molecular formula is C72H108N2O28. The van der Waals surface area contributed by atoms with Crippen molar-refractivity contribution in [3.8, 4) is 0 Å². The number of aliphatic hydroxyl groups excluding tert-OH is 10. The van der Waals surface area contributed by atoms with Crippen LogP contribution < -0.4 is 11.5 Å². The van der Waals surface area contributed by atoms with Crippen LogP contribution >= 0.6 is 0 Å². The van der Waals surface area contributed by atoms with E-state index in [1.807, 2.05) is 19.1 Å². The maximum absolute atomic E-state index is 13.0. The smallest absolute Gasteiger partial charge is 0.330 e. The Morgan fingerprint density at radius 1 is 0.588 bits per heavy atom. The number of ketones is 1. The number of Topliss-reactive ketones (excluding diaryl/α,β-unsaturated/α-hetero) is 1. The predicted octanol–water partition coefficient (Wildman–Crippen LogP) is 0.795. The average molecular weight is 1450 g/mol. The van der Waals surface area contributed by atoms with Gasteiger partial charge in [-0.15, -0.1) is 0 Å². The van der Waals surface area contributed by atoms with Gasteiger partial charge in [0.15, 0.2) is 24.2 Å². The topological polar surface area (TPSA) is 507 Å². The molecule has 102 heavy (non-hydrogen) atoms. The number of ether oxygens (including phenoxy) is 9. The van der Waals surface area contributed by atoms with Gasteiger partial charge in [0.25, 0.3) is 0 Å². The molecule has 7 rings (SSSR count). The van der Waals surface area contributed by atoms with Gasteiger partial charge < -0.3 is 126 Å². The summed E-state index contributed by atoms with van der Waals surface area (Å²) in [6.07, 6.45) is 6.68. The molecule has 0 spiro atoms. The third-order valence-electron chi connectivity index (χ3n) is 18.8. The van der Waals surface area contributed by atoms with E-state index in [9.17, 15) is 95.5 Å². The first kappa shape index (κ1) is 85.3. The number of cyclic esters (lactones) is 2. The van der Waals surface area contributed by atoms with E-state index in [2.05, 4.69) is 0 Å². The number of carboxylic acid groups (broad SMARTS) is 2. The number of hydrogen-bond donors (Lipinski definition) is 16. The number of carbonyl (C=O) groups is 5. The van der Waals surface area contributed by atoms with E-state index in [1.165, 1.54) is 18.2 Å². The van der Waals surface area contributed by atoms with Crippen molar-refractivity contribution in [3.63, 3.8) is 0 Å². The van der Waals surface area contributed by atoms with Crippen molar-refractivity contribution in [2.75, 3.05) is 6.61 Å². The second-order valence-corrected chi connectivity index (χ2v) is 27.2. The molecule has 4 bridgehead atoms. The summed E-state index contributed by atoms with van der Waals surface area (Å²) >= 11 is 0. The summed E-state index contributed by atoms with van der Waals surface area (Å²) in [4.78, 5) is 62.6. The Labute approximate surface area is 593 Å². The van der Waals surface area contributed by atoms with Crippen LogP contribution in [0.15, 0.2) is 109 Å². The highest BCUT2D eigenvalue weighted by Gasteiger charge is 2.54. The first-order chi connectivity index (χ1) is 48.4. The monoisotopic (exact) mass is 1450 g/mol. The van der Waals surface area contributed by atoms with Gasteiger partial charge in [-0.25, -0.2) is 4.79 Å². The normalized spacial score (nSPS) is 44.3. The molecule has 5 fully saturated rings. The minimum atomic E-state index is -2.19. The quantitative estimate of drug-likeness (QED) is 0.106. The van der Waals surface area contributed by atoms with E-state index in [-0.39, 0.29) is 69.7 Å². The van der Waals surface area contributed by atoms with Crippen molar-refractivity contribution in [1.29, 1.82) is 0 Å². The highest BCUT2D eigenvalue weighted by Crippen LogP contribution is 2.41. The second kappa shape index (κ2) is 41.3. The Morgan fingerprint density at radius 2 is 1.10 bits per heavy atom. The predicted molar refractivity (Wildman–Crippen MR) is 362 cm³/mol. The summed E-state index contributed by atoms with van der Waals surface area (Å²) in [7, 11) is 0. The lowest BCUT2D eigenvalue weighted by Crippen LogP contribution is -2.63. The van der Waals surface area contributed by atoms with Crippen LogP contribution in [0.5, 0.6) is 0 Å². The van der Waals surface area contributed by atoms with Crippen LogP contribution in [0.2, 0.25) is 0 Å². The fourth-order valence-electron chi connectivity index (χ4n) is 13.2. The molecule has 0 radical (unpaired) electrons. The van der Waals surface area contributed by atoms with Crippen LogP contribution in [0.1, 0.15) is 130 Å². The zero-order chi connectivity index (χ0) is 75.0. The molecule has 7 aliphatic rings. The van der Waals surface area contributed by atoms with E-state index in [4.69, 9.17) is 54.1 Å². The van der Waals surface area contributed by atoms with Crippen molar-refractivity contribution in [2.45, 2.75) is 283 Å². The van der Waals surface area contributed by atoms with Crippen molar-refractivity contribution in [2.24, 2.45) is 29.2 Å². The molecule has 8 unspecified atom stereocenters. The molecule has 0 aromatic rings. The van der Waals surface area contributed by atoms with Crippen LogP contribution in [-0.4, -0.2) is 260 Å².